The van der Waals surface area contributed by atoms with Crippen LogP contribution in [-0.2, 0) is 0 Å². The zero-order chi connectivity index (χ0) is 10.4. The van der Waals surface area contributed by atoms with Gasteiger partial charge in [0.2, 0.25) is 5.78 Å². The molecule has 0 aliphatic rings. The Labute approximate surface area is 98.1 Å². The third-order valence-corrected chi connectivity index (χ3v) is 3.05. The fourth-order valence-corrected chi connectivity index (χ4v) is 2.01. The fraction of sp³-hybridized carbons (Fsp3) is 0. The van der Waals surface area contributed by atoms with Gasteiger partial charge < -0.3 is 0 Å². The lowest BCUT2D eigenvalue weighted by Gasteiger charge is -1.94. The third kappa shape index (κ3) is 1.26. The maximum atomic E-state index is 11.4. The highest BCUT2D eigenvalue weighted by molar-refractivity contribution is 14.1. The van der Waals surface area contributed by atoms with E-state index in [2.05, 4.69) is 9.97 Å². The number of hydrogen-bond acceptors (Lipinski definition) is 2. The Morgan fingerprint density at radius 1 is 1.33 bits per heavy atom. The Hall–Kier alpha value is -1.37. The van der Waals surface area contributed by atoms with E-state index in [4.69, 9.17) is 0 Å². The van der Waals surface area contributed by atoms with E-state index in [0.29, 0.717) is 9.35 Å². The van der Waals surface area contributed by atoms with E-state index in [1.807, 2.05) is 51.3 Å². The highest BCUT2D eigenvalue weighted by atomic mass is 127. The second kappa shape index (κ2) is 3.06. The molecule has 3 rings (SSSR count). The van der Waals surface area contributed by atoms with Crippen molar-refractivity contribution >= 4 is 39.4 Å². The standard InChI is InChI=1S/C10H6IN3O/c11-6-5-14-8-4-2-1-3-7(8)12-10(14)13-9(6)15/h1-5H,(H,12,13,15). The van der Waals surface area contributed by atoms with Gasteiger partial charge in [0.25, 0.3) is 5.56 Å². The molecular weight excluding hydrogens is 305 g/mol. The molecule has 4 nitrogen and oxygen atoms in total. The number of nitrogens with one attached hydrogen (secondary N) is 1. The zero-order valence-corrected chi connectivity index (χ0v) is 9.72. The average Bonchev–Trinajstić information content (AvgIpc) is 2.57. The van der Waals surface area contributed by atoms with Gasteiger partial charge in [0.15, 0.2) is 0 Å². The largest absolute Gasteiger partial charge is 0.291 e. The molecule has 0 spiro atoms. The molecule has 0 amide bonds. The van der Waals surface area contributed by atoms with Crippen molar-refractivity contribution in [3.8, 4) is 0 Å². The molecule has 3 aromatic rings. The Balaban J connectivity index is 2.61. The molecule has 0 unspecified atom stereocenters. The number of rotatable bonds is 0. The predicted octanol–water partition coefficient (Wildman–Crippen LogP) is 1.78. The van der Waals surface area contributed by atoms with Crippen LogP contribution in [0.5, 0.6) is 0 Å². The summed E-state index contributed by atoms with van der Waals surface area (Å²) in [5, 5.41) is 0. The van der Waals surface area contributed by atoms with E-state index >= 15 is 0 Å². The second-order valence-electron chi connectivity index (χ2n) is 3.23. The molecule has 1 N–H and O–H groups in total. The van der Waals surface area contributed by atoms with E-state index in [1.165, 1.54) is 0 Å². The molecule has 2 aromatic heterocycles. The lowest BCUT2D eigenvalue weighted by molar-refractivity contribution is 1.08. The SMILES string of the molecule is O=c1[nH]c2nc3ccccc3n2cc1I. The summed E-state index contributed by atoms with van der Waals surface area (Å²) in [5.41, 5.74) is 1.79. The first-order valence-corrected chi connectivity index (χ1v) is 5.49. The number of fused-ring (bicyclic) bond motifs is 3. The molecule has 74 valence electrons. The fourth-order valence-electron chi connectivity index (χ4n) is 1.60. The van der Waals surface area contributed by atoms with E-state index < -0.39 is 0 Å². The molecule has 5 heteroatoms. The van der Waals surface area contributed by atoms with Crippen molar-refractivity contribution in [2.45, 2.75) is 0 Å². The predicted molar refractivity (Wildman–Crippen MR) is 66.0 cm³/mol. The van der Waals surface area contributed by atoms with Gasteiger partial charge in [-0.05, 0) is 34.7 Å². The highest BCUT2D eigenvalue weighted by Crippen LogP contribution is 2.14. The Kier molecular flexibility index (Phi) is 1.82. The maximum absolute atomic E-state index is 11.4. The van der Waals surface area contributed by atoms with Crippen LogP contribution >= 0.6 is 22.6 Å². The van der Waals surface area contributed by atoms with E-state index in [0.717, 1.165) is 11.0 Å². The molecule has 0 fully saturated rings. The molecule has 2 heterocycles. The van der Waals surface area contributed by atoms with E-state index in [-0.39, 0.29) is 5.56 Å². The van der Waals surface area contributed by atoms with Crippen LogP contribution in [0.4, 0.5) is 0 Å². The number of nitrogens with zero attached hydrogens (tertiary/aromatic N) is 2. The Morgan fingerprint density at radius 3 is 3.00 bits per heavy atom. The smallest absolute Gasteiger partial charge is 0.265 e. The number of para-hydroxylation sites is 2. The van der Waals surface area contributed by atoms with Gasteiger partial charge in [-0.2, -0.15) is 0 Å². The van der Waals surface area contributed by atoms with E-state index in [9.17, 15) is 4.79 Å². The van der Waals surface area contributed by atoms with Gasteiger partial charge in [0.05, 0.1) is 14.6 Å². The Bertz CT molecular complexity index is 713. The van der Waals surface area contributed by atoms with Crippen LogP contribution in [0.3, 0.4) is 0 Å². The van der Waals surface area contributed by atoms with Crippen molar-refractivity contribution in [3.05, 3.63) is 44.4 Å². The van der Waals surface area contributed by atoms with Gasteiger partial charge in [-0.1, -0.05) is 12.1 Å². The second-order valence-corrected chi connectivity index (χ2v) is 4.39. The number of benzene rings is 1. The van der Waals surface area contributed by atoms with Crippen molar-refractivity contribution in [2.75, 3.05) is 0 Å². The zero-order valence-electron chi connectivity index (χ0n) is 7.57. The lowest BCUT2D eigenvalue weighted by atomic mass is 10.3. The van der Waals surface area contributed by atoms with Gasteiger partial charge in [0.1, 0.15) is 0 Å². The highest BCUT2D eigenvalue weighted by Gasteiger charge is 2.05. The summed E-state index contributed by atoms with van der Waals surface area (Å²) >= 11 is 2.01. The minimum Gasteiger partial charge on any atom is -0.291 e. The van der Waals surface area contributed by atoms with Crippen molar-refractivity contribution in [3.63, 3.8) is 0 Å². The normalized spacial score (nSPS) is 11.3. The summed E-state index contributed by atoms with van der Waals surface area (Å²) in [6.45, 7) is 0. The topological polar surface area (TPSA) is 50.2 Å². The van der Waals surface area contributed by atoms with Gasteiger partial charge in [-0.15, -0.1) is 0 Å². The van der Waals surface area contributed by atoms with Crippen molar-refractivity contribution in [2.24, 2.45) is 0 Å². The van der Waals surface area contributed by atoms with Crippen LogP contribution in [0.15, 0.2) is 35.3 Å². The summed E-state index contributed by atoms with van der Waals surface area (Å²) in [6.07, 6.45) is 1.80. The third-order valence-electron chi connectivity index (χ3n) is 2.28. The van der Waals surface area contributed by atoms with Crippen LogP contribution in [-0.4, -0.2) is 14.4 Å². The molecule has 0 saturated heterocycles. The number of halogens is 1. The van der Waals surface area contributed by atoms with Gasteiger partial charge >= 0.3 is 0 Å². The number of H-pyrrole nitrogens is 1. The maximum Gasteiger partial charge on any atom is 0.265 e. The summed E-state index contributed by atoms with van der Waals surface area (Å²) in [4.78, 5) is 18.5. The van der Waals surface area contributed by atoms with Crippen LogP contribution < -0.4 is 5.56 Å². The molecule has 15 heavy (non-hydrogen) atoms. The molecule has 0 aliphatic heterocycles. The summed E-state index contributed by atoms with van der Waals surface area (Å²) < 4.78 is 2.54. The molecule has 0 atom stereocenters. The molecule has 0 aliphatic carbocycles. The number of aromatic nitrogens is 3. The molecule has 0 bridgehead atoms. The number of hydrogen-bond donors (Lipinski definition) is 1. The first kappa shape index (κ1) is 8.90. The summed E-state index contributed by atoms with van der Waals surface area (Å²) in [7, 11) is 0. The molecule has 0 radical (unpaired) electrons. The summed E-state index contributed by atoms with van der Waals surface area (Å²) in [6, 6.07) is 7.78. The molecule has 1 aromatic carbocycles. The number of aromatic amines is 1. The van der Waals surface area contributed by atoms with Crippen LogP contribution in [0, 0.1) is 3.57 Å². The van der Waals surface area contributed by atoms with E-state index in [1.54, 1.807) is 6.20 Å². The lowest BCUT2D eigenvalue weighted by Crippen LogP contribution is -2.11. The average molecular weight is 311 g/mol. The van der Waals surface area contributed by atoms with Crippen molar-refractivity contribution in [1.82, 2.24) is 14.4 Å². The first-order chi connectivity index (χ1) is 7.25. The minimum absolute atomic E-state index is 0.0987. The van der Waals surface area contributed by atoms with Crippen molar-refractivity contribution < 1.29 is 0 Å². The van der Waals surface area contributed by atoms with Gasteiger partial charge in [-0.25, -0.2) is 4.98 Å². The monoisotopic (exact) mass is 311 g/mol. The molecular formula is C10H6IN3O. The Morgan fingerprint density at radius 2 is 2.13 bits per heavy atom. The van der Waals surface area contributed by atoms with Gasteiger partial charge in [0, 0.05) is 6.20 Å². The quantitative estimate of drug-likeness (QED) is 0.644. The summed E-state index contributed by atoms with van der Waals surface area (Å²) in [5.74, 6) is 0.585. The number of imidazole rings is 1. The minimum atomic E-state index is -0.0987. The van der Waals surface area contributed by atoms with Crippen LogP contribution in [0.25, 0.3) is 16.8 Å². The first-order valence-electron chi connectivity index (χ1n) is 4.41. The van der Waals surface area contributed by atoms with Crippen LogP contribution in [0.1, 0.15) is 0 Å². The molecule has 0 saturated carbocycles. The van der Waals surface area contributed by atoms with Gasteiger partial charge in [-0.3, -0.25) is 14.2 Å². The van der Waals surface area contributed by atoms with Crippen LogP contribution in [0.2, 0.25) is 0 Å². The van der Waals surface area contributed by atoms with Crippen molar-refractivity contribution in [1.29, 1.82) is 0 Å².